The molecule has 2 heterocycles. The number of pyridine rings is 1. The zero-order valence-corrected chi connectivity index (χ0v) is 12.0. The number of aromatic nitrogens is 1. The highest BCUT2D eigenvalue weighted by atomic mass is 32.2. The van der Waals surface area contributed by atoms with Crippen molar-refractivity contribution in [2.75, 3.05) is 18.8 Å². The van der Waals surface area contributed by atoms with Crippen molar-refractivity contribution >= 4 is 10.0 Å². The summed E-state index contributed by atoms with van der Waals surface area (Å²) in [6.45, 7) is 3.10. The van der Waals surface area contributed by atoms with Crippen LogP contribution in [-0.2, 0) is 16.4 Å². The van der Waals surface area contributed by atoms with E-state index in [2.05, 4.69) is 4.98 Å². The summed E-state index contributed by atoms with van der Waals surface area (Å²) in [7, 11) is -3.18. The van der Waals surface area contributed by atoms with Crippen molar-refractivity contribution in [2.45, 2.75) is 25.8 Å². The summed E-state index contributed by atoms with van der Waals surface area (Å²) in [6, 6.07) is 3.82. The summed E-state index contributed by atoms with van der Waals surface area (Å²) in [6.07, 6.45) is 4.64. The lowest BCUT2D eigenvalue weighted by atomic mass is 9.96. The number of aryl methyl sites for hydroxylation is 1. The Balaban J connectivity index is 1.95. The lowest BCUT2D eigenvalue weighted by molar-refractivity contribution is 0.250. The molecule has 19 heavy (non-hydrogen) atoms. The molecule has 0 radical (unpaired) electrons. The zero-order chi connectivity index (χ0) is 13.9. The highest BCUT2D eigenvalue weighted by molar-refractivity contribution is 7.89. The van der Waals surface area contributed by atoms with E-state index in [-0.39, 0.29) is 17.7 Å². The first-order valence-corrected chi connectivity index (χ1v) is 8.22. The maximum absolute atomic E-state index is 12.3. The molecule has 0 amide bonds. The highest BCUT2D eigenvalue weighted by Gasteiger charge is 2.30. The van der Waals surface area contributed by atoms with Gasteiger partial charge in [0, 0.05) is 31.5 Å². The lowest BCUT2D eigenvalue weighted by Crippen LogP contribution is -2.48. The third-order valence-corrected chi connectivity index (χ3v) is 5.56. The summed E-state index contributed by atoms with van der Waals surface area (Å²) < 4.78 is 26.1. The Labute approximate surface area is 114 Å². The standard InChI is InChI=1S/C13H21N3O2S/c1-11-10-16(8-4-13(11)14)19(17,18)9-5-12-2-6-15-7-3-12/h2-3,6-7,11,13H,4-5,8-10,14H2,1H3. The van der Waals surface area contributed by atoms with Gasteiger partial charge in [0.25, 0.3) is 0 Å². The Morgan fingerprint density at radius 2 is 2.11 bits per heavy atom. The number of rotatable bonds is 4. The molecular formula is C13H21N3O2S. The van der Waals surface area contributed by atoms with Crippen LogP contribution in [0.3, 0.4) is 0 Å². The van der Waals surface area contributed by atoms with Crippen molar-refractivity contribution in [1.82, 2.24) is 9.29 Å². The second kappa shape index (κ2) is 5.98. The van der Waals surface area contributed by atoms with E-state index >= 15 is 0 Å². The van der Waals surface area contributed by atoms with Crippen LogP contribution in [0.2, 0.25) is 0 Å². The Kier molecular flexibility index (Phi) is 4.54. The summed E-state index contributed by atoms with van der Waals surface area (Å²) in [5, 5.41) is 0. The second-order valence-electron chi connectivity index (χ2n) is 5.21. The van der Waals surface area contributed by atoms with Gasteiger partial charge >= 0.3 is 0 Å². The summed E-state index contributed by atoms with van der Waals surface area (Å²) in [4.78, 5) is 3.92. The highest BCUT2D eigenvalue weighted by Crippen LogP contribution is 2.18. The van der Waals surface area contributed by atoms with Gasteiger partial charge in [-0.2, -0.15) is 0 Å². The fourth-order valence-corrected chi connectivity index (χ4v) is 3.90. The molecule has 5 nitrogen and oxygen atoms in total. The van der Waals surface area contributed by atoms with Gasteiger partial charge in [-0.3, -0.25) is 4.98 Å². The van der Waals surface area contributed by atoms with Crippen LogP contribution in [0.25, 0.3) is 0 Å². The van der Waals surface area contributed by atoms with E-state index in [9.17, 15) is 8.42 Å². The van der Waals surface area contributed by atoms with Gasteiger partial charge in [-0.1, -0.05) is 6.92 Å². The van der Waals surface area contributed by atoms with Crippen LogP contribution >= 0.6 is 0 Å². The maximum Gasteiger partial charge on any atom is 0.214 e. The van der Waals surface area contributed by atoms with Gasteiger partial charge in [-0.05, 0) is 36.5 Å². The molecule has 1 aromatic rings. The minimum Gasteiger partial charge on any atom is -0.327 e. The predicted molar refractivity (Wildman–Crippen MR) is 75.1 cm³/mol. The fourth-order valence-electron chi connectivity index (χ4n) is 2.30. The Morgan fingerprint density at radius 1 is 1.42 bits per heavy atom. The molecule has 6 heteroatoms. The van der Waals surface area contributed by atoms with Crippen LogP contribution < -0.4 is 5.73 Å². The first-order chi connectivity index (χ1) is 8.99. The normalized spacial score (nSPS) is 25.4. The smallest absolute Gasteiger partial charge is 0.214 e. The average Bonchev–Trinajstić information content (AvgIpc) is 2.41. The fraction of sp³-hybridized carbons (Fsp3) is 0.615. The summed E-state index contributed by atoms with van der Waals surface area (Å²) in [5.41, 5.74) is 6.92. The Hall–Kier alpha value is -0.980. The summed E-state index contributed by atoms with van der Waals surface area (Å²) in [5.74, 6) is 0.378. The minimum atomic E-state index is -3.18. The van der Waals surface area contributed by atoms with Crippen LogP contribution in [0.5, 0.6) is 0 Å². The van der Waals surface area contributed by atoms with Crippen molar-refractivity contribution in [3.05, 3.63) is 30.1 Å². The molecule has 2 atom stereocenters. The molecule has 0 aromatic carbocycles. The molecule has 0 bridgehead atoms. The number of sulfonamides is 1. The van der Waals surface area contributed by atoms with Crippen molar-refractivity contribution in [1.29, 1.82) is 0 Å². The molecule has 2 N–H and O–H groups in total. The molecule has 0 saturated carbocycles. The Bertz CT molecular complexity index is 504. The molecular weight excluding hydrogens is 262 g/mol. The van der Waals surface area contributed by atoms with E-state index in [0.29, 0.717) is 19.5 Å². The molecule has 1 saturated heterocycles. The largest absolute Gasteiger partial charge is 0.327 e. The zero-order valence-electron chi connectivity index (χ0n) is 11.2. The van der Waals surface area contributed by atoms with E-state index in [4.69, 9.17) is 5.73 Å². The van der Waals surface area contributed by atoms with Gasteiger partial charge in [0.05, 0.1) is 5.75 Å². The van der Waals surface area contributed by atoms with E-state index in [1.807, 2.05) is 19.1 Å². The third kappa shape index (κ3) is 3.75. The van der Waals surface area contributed by atoms with Gasteiger partial charge in [0.15, 0.2) is 0 Å². The van der Waals surface area contributed by atoms with Crippen LogP contribution in [0.1, 0.15) is 18.9 Å². The monoisotopic (exact) mass is 283 g/mol. The first-order valence-electron chi connectivity index (χ1n) is 6.61. The van der Waals surface area contributed by atoms with Crippen molar-refractivity contribution in [3.8, 4) is 0 Å². The molecule has 1 aromatic heterocycles. The van der Waals surface area contributed by atoms with Crippen molar-refractivity contribution < 1.29 is 8.42 Å². The number of nitrogens with zero attached hydrogens (tertiary/aromatic N) is 2. The van der Waals surface area contributed by atoms with E-state index in [1.165, 1.54) is 0 Å². The topological polar surface area (TPSA) is 76.3 Å². The van der Waals surface area contributed by atoms with Gasteiger partial charge < -0.3 is 5.73 Å². The van der Waals surface area contributed by atoms with Crippen LogP contribution in [0.4, 0.5) is 0 Å². The van der Waals surface area contributed by atoms with Gasteiger partial charge in [0.2, 0.25) is 10.0 Å². The number of hydrogen-bond acceptors (Lipinski definition) is 4. The van der Waals surface area contributed by atoms with Crippen LogP contribution in [0, 0.1) is 5.92 Å². The van der Waals surface area contributed by atoms with Crippen LogP contribution in [0.15, 0.2) is 24.5 Å². The molecule has 0 aliphatic carbocycles. The van der Waals surface area contributed by atoms with Crippen molar-refractivity contribution in [3.63, 3.8) is 0 Å². The molecule has 1 fully saturated rings. The average molecular weight is 283 g/mol. The maximum atomic E-state index is 12.3. The molecule has 1 aliphatic heterocycles. The molecule has 2 rings (SSSR count). The second-order valence-corrected chi connectivity index (χ2v) is 7.30. The van der Waals surface area contributed by atoms with Gasteiger partial charge in [0.1, 0.15) is 0 Å². The van der Waals surface area contributed by atoms with E-state index in [1.54, 1.807) is 16.7 Å². The predicted octanol–water partition coefficient (Wildman–Crippen LogP) is 0.623. The first kappa shape index (κ1) is 14.4. The molecule has 1 aliphatic rings. The quantitative estimate of drug-likeness (QED) is 0.879. The molecule has 0 spiro atoms. The number of nitrogens with two attached hydrogens (primary N) is 1. The van der Waals surface area contributed by atoms with Gasteiger partial charge in [-0.15, -0.1) is 0 Å². The van der Waals surface area contributed by atoms with E-state index in [0.717, 1.165) is 12.0 Å². The minimum absolute atomic E-state index is 0.117. The van der Waals surface area contributed by atoms with Crippen molar-refractivity contribution in [2.24, 2.45) is 11.7 Å². The molecule has 2 unspecified atom stereocenters. The van der Waals surface area contributed by atoms with E-state index < -0.39 is 10.0 Å². The third-order valence-electron chi connectivity index (χ3n) is 3.73. The lowest BCUT2D eigenvalue weighted by Gasteiger charge is -2.34. The van der Waals surface area contributed by atoms with Gasteiger partial charge in [-0.25, -0.2) is 12.7 Å². The number of hydrogen-bond donors (Lipinski definition) is 1. The summed E-state index contributed by atoms with van der Waals surface area (Å²) >= 11 is 0. The Morgan fingerprint density at radius 3 is 2.74 bits per heavy atom. The number of piperidine rings is 1. The van der Waals surface area contributed by atoms with Crippen LogP contribution in [-0.4, -0.2) is 42.6 Å². The molecule has 106 valence electrons. The SMILES string of the molecule is CC1CN(S(=O)(=O)CCc2ccncc2)CCC1N.